The molecule has 0 spiro atoms. The van der Waals surface area contributed by atoms with Crippen LogP contribution < -0.4 is 0 Å². The summed E-state index contributed by atoms with van der Waals surface area (Å²) in [6, 6.07) is 0. The van der Waals surface area contributed by atoms with Crippen LogP contribution in [-0.4, -0.2) is 23.6 Å². The monoisotopic (exact) mass is 502 g/mol. The summed E-state index contributed by atoms with van der Waals surface area (Å²) in [4.78, 5) is 24.0. The van der Waals surface area contributed by atoms with Gasteiger partial charge in [-0.15, -0.1) is 0 Å². The van der Waals surface area contributed by atoms with Crippen molar-refractivity contribution in [3.05, 3.63) is 12.2 Å². The Hall–Kier alpha value is -0.840. The Balaban J connectivity index is 3.70. The minimum absolute atomic E-state index is 0.317. The Kier molecular flexibility index (Phi) is 21.8. The van der Waals surface area contributed by atoms with Gasteiger partial charge >= 0.3 is 11.9 Å². The van der Waals surface area contributed by atoms with Crippen molar-refractivity contribution in [1.29, 1.82) is 0 Å². The first kappa shape index (κ1) is 30.2. The molecule has 31 heavy (non-hydrogen) atoms. The molecule has 4 nitrogen and oxygen atoms in total. The lowest BCUT2D eigenvalue weighted by Crippen LogP contribution is -2.25. The average molecular weight is 504 g/mol. The molecule has 5 heteroatoms. The van der Waals surface area contributed by atoms with Gasteiger partial charge in [0.05, 0.1) is 0 Å². The molecule has 182 valence electrons. The molecular weight excluding hydrogens is 456 g/mol. The zero-order valence-corrected chi connectivity index (χ0v) is 21.8. The first-order valence-corrected chi connectivity index (χ1v) is 13.7. The fourth-order valence-electron chi connectivity index (χ4n) is 3.41. The number of carbonyl (C=O) groups is 2. The maximum absolute atomic E-state index is 12.1. The van der Waals surface area contributed by atoms with Crippen LogP contribution in [0.25, 0.3) is 0 Å². The SMILES string of the molecule is C=C(C)C(OC(=O)CCCCCBr)OC(=O)CCCCCCCCCCCCCCC. The summed E-state index contributed by atoms with van der Waals surface area (Å²) in [5.41, 5.74) is 0.535. The molecule has 0 aliphatic heterocycles. The Labute approximate surface area is 200 Å². The van der Waals surface area contributed by atoms with Crippen LogP contribution in [-0.2, 0) is 19.1 Å². The van der Waals surface area contributed by atoms with E-state index in [2.05, 4.69) is 29.4 Å². The molecule has 0 aromatic carbocycles. The second-order valence-electron chi connectivity index (χ2n) is 8.65. The third-order valence-corrected chi connectivity index (χ3v) is 5.94. The van der Waals surface area contributed by atoms with E-state index in [1.165, 1.54) is 64.2 Å². The minimum atomic E-state index is -0.960. The van der Waals surface area contributed by atoms with Crippen LogP contribution in [0.5, 0.6) is 0 Å². The molecule has 0 aliphatic rings. The van der Waals surface area contributed by atoms with Gasteiger partial charge in [0.2, 0.25) is 0 Å². The molecule has 0 aromatic rings. The highest BCUT2D eigenvalue weighted by atomic mass is 79.9. The molecule has 1 unspecified atom stereocenters. The van der Waals surface area contributed by atoms with E-state index in [1.54, 1.807) is 6.92 Å². The van der Waals surface area contributed by atoms with E-state index >= 15 is 0 Å². The number of carbonyl (C=O) groups excluding carboxylic acids is 2. The van der Waals surface area contributed by atoms with Crippen LogP contribution in [0.4, 0.5) is 0 Å². The van der Waals surface area contributed by atoms with E-state index in [4.69, 9.17) is 9.47 Å². The molecule has 0 N–H and O–H groups in total. The number of hydrogen-bond acceptors (Lipinski definition) is 4. The van der Waals surface area contributed by atoms with Gasteiger partial charge in [-0.2, -0.15) is 0 Å². The molecule has 0 radical (unpaired) electrons. The van der Waals surface area contributed by atoms with Crippen LogP contribution >= 0.6 is 15.9 Å². The Morgan fingerprint density at radius 2 is 1.03 bits per heavy atom. The molecule has 0 saturated heterocycles. The van der Waals surface area contributed by atoms with Crippen molar-refractivity contribution < 1.29 is 19.1 Å². The van der Waals surface area contributed by atoms with Gasteiger partial charge < -0.3 is 9.47 Å². The van der Waals surface area contributed by atoms with Crippen molar-refractivity contribution >= 4 is 27.9 Å². The van der Waals surface area contributed by atoms with Crippen molar-refractivity contribution in [3.63, 3.8) is 0 Å². The topological polar surface area (TPSA) is 52.6 Å². The van der Waals surface area contributed by atoms with Crippen molar-refractivity contribution in [3.8, 4) is 0 Å². The number of hydrogen-bond donors (Lipinski definition) is 0. The molecule has 0 fully saturated rings. The van der Waals surface area contributed by atoms with Gasteiger partial charge in [-0.05, 0) is 26.2 Å². The van der Waals surface area contributed by atoms with Crippen LogP contribution in [0.1, 0.15) is 129 Å². The number of ether oxygens (including phenoxy) is 2. The van der Waals surface area contributed by atoms with Gasteiger partial charge in [0, 0.05) is 23.7 Å². The summed E-state index contributed by atoms with van der Waals surface area (Å²) < 4.78 is 10.6. The molecule has 0 aliphatic carbocycles. The third-order valence-electron chi connectivity index (χ3n) is 5.38. The standard InChI is InChI=1S/C26H47BrO4/c1-4-5-6-7-8-9-10-11-12-13-14-15-17-20-24(28)30-26(23(2)3)31-25(29)21-18-16-19-22-27/h26H,2,4-22H2,1,3H3. The maximum atomic E-state index is 12.1. The first-order chi connectivity index (χ1) is 15.0. The van der Waals surface area contributed by atoms with Gasteiger partial charge in [0.15, 0.2) is 0 Å². The second-order valence-corrected chi connectivity index (χ2v) is 9.44. The number of alkyl halides is 1. The van der Waals surface area contributed by atoms with Crippen LogP contribution in [0.2, 0.25) is 0 Å². The lowest BCUT2D eigenvalue weighted by Gasteiger charge is -2.18. The van der Waals surface area contributed by atoms with Crippen molar-refractivity contribution in [1.82, 2.24) is 0 Å². The van der Waals surface area contributed by atoms with Crippen LogP contribution in [0.15, 0.2) is 12.2 Å². The van der Waals surface area contributed by atoms with E-state index in [-0.39, 0.29) is 11.9 Å². The van der Waals surface area contributed by atoms with Gasteiger partial charge in [-0.25, -0.2) is 0 Å². The van der Waals surface area contributed by atoms with Crippen LogP contribution in [0.3, 0.4) is 0 Å². The molecule has 1 atom stereocenters. The van der Waals surface area contributed by atoms with Gasteiger partial charge in [0.1, 0.15) is 0 Å². The van der Waals surface area contributed by atoms with Gasteiger partial charge in [-0.1, -0.05) is 113 Å². The summed E-state index contributed by atoms with van der Waals surface area (Å²) in [5.74, 6) is -0.653. The van der Waals surface area contributed by atoms with Crippen molar-refractivity contribution in [2.75, 3.05) is 5.33 Å². The number of rotatable bonds is 22. The van der Waals surface area contributed by atoms with E-state index in [0.29, 0.717) is 18.4 Å². The molecular formula is C26H47BrO4. The second kappa shape index (κ2) is 22.4. The molecule has 0 heterocycles. The third kappa shape index (κ3) is 20.8. The number of esters is 2. The van der Waals surface area contributed by atoms with Crippen molar-refractivity contribution in [2.24, 2.45) is 0 Å². The maximum Gasteiger partial charge on any atom is 0.309 e. The van der Waals surface area contributed by atoms with Crippen molar-refractivity contribution in [2.45, 2.75) is 136 Å². The highest BCUT2D eigenvalue weighted by Crippen LogP contribution is 2.15. The normalized spacial score (nSPS) is 11.8. The fraction of sp³-hybridized carbons (Fsp3) is 0.846. The summed E-state index contributed by atoms with van der Waals surface area (Å²) in [6.45, 7) is 7.75. The largest absolute Gasteiger partial charge is 0.421 e. The zero-order chi connectivity index (χ0) is 23.2. The Bertz CT molecular complexity index is 464. The lowest BCUT2D eigenvalue weighted by molar-refractivity contribution is -0.181. The molecule has 0 bridgehead atoms. The first-order valence-electron chi connectivity index (χ1n) is 12.6. The summed E-state index contributed by atoms with van der Waals surface area (Å²) >= 11 is 3.37. The highest BCUT2D eigenvalue weighted by Gasteiger charge is 2.19. The average Bonchev–Trinajstić information content (AvgIpc) is 2.74. The van der Waals surface area contributed by atoms with Gasteiger partial charge in [0.25, 0.3) is 6.29 Å². The van der Waals surface area contributed by atoms with Gasteiger partial charge in [-0.3, -0.25) is 9.59 Å². The molecule has 0 aromatic heterocycles. The smallest absolute Gasteiger partial charge is 0.309 e. The molecule has 0 saturated carbocycles. The zero-order valence-electron chi connectivity index (χ0n) is 20.2. The minimum Gasteiger partial charge on any atom is -0.421 e. The highest BCUT2D eigenvalue weighted by molar-refractivity contribution is 9.09. The molecule has 0 amide bonds. The quantitative estimate of drug-likeness (QED) is 0.0489. The van der Waals surface area contributed by atoms with E-state index in [9.17, 15) is 9.59 Å². The van der Waals surface area contributed by atoms with E-state index in [1.807, 2.05) is 0 Å². The number of halogens is 1. The summed E-state index contributed by atoms with van der Waals surface area (Å²) in [7, 11) is 0. The number of unbranched alkanes of at least 4 members (excludes halogenated alkanes) is 14. The summed E-state index contributed by atoms with van der Waals surface area (Å²) in [5, 5.41) is 0.938. The predicted octanol–water partition coefficient (Wildman–Crippen LogP) is 8.41. The fourth-order valence-corrected chi connectivity index (χ4v) is 3.81. The van der Waals surface area contributed by atoms with E-state index in [0.717, 1.165) is 43.9 Å². The summed E-state index contributed by atoms with van der Waals surface area (Å²) in [6.07, 6.45) is 19.0. The van der Waals surface area contributed by atoms with Crippen LogP contribution in [0, 0.1) is 0 Å². The Morgan fingerprint density at radius 3 is 1.39 bits per heavy atom. The van der Waals surface area contributed by atoms with E-state index < -0.39 is 6.29 Å². The predicted molar refractivity (Wildman–Crippen MR) is 133 cm³/mol. The Morgan fingerprint density at radius 1 is 0.677 bits per heavy atom. The lowest BCUT2D eigenvalue weighted by atomic mass is 10.0. The molecule has 0 rings (SSSR count).